The molecule has 2 aromatic rings. The van der Waals surface area contributed by atoms with E-state index in [-0.39, 0.29) is 11.8 Å². The van der Waals surface area contributed by atoms with Crippen molar-refractivity contribution in [2.45, 2.75) is 39.3 Å². The number of nitrogens with two attached hydrogens (primary N) is 1. The summed E-state index contributed by atoms with van der Waals surface area (Å²) in [6, 6.07) is 10.9. The third kappa shape index (κ3) is 5.68. The second-order valence-electron chi connectivity index (χ2n) is 7.17. The van der Waals surface area contributed by atoms with Crippen molar-refractivity contribution in [1.29, 1.82) is 0 Å². The fraction of sp³-hybridized carbons (Fsp3) is 0.400. The maximum atomic E-state index is 12.5. The van der Waals surface area contributed by atoms with Gasteiger partial charge >= 0.3 is 0 Å². The molecule has 0 aliphatic carbocycles. The Morgan fingerprint density at radius 2 is 1.85 bits per heavy atom. The molecule has 4 N–H and O–H groups in total. The van der Waals surface area contributed by atoms with Crippen LogP contribution in [0, 0.1) is 5.92 Å². The molecule has 6 heteroatoms. The Balaban J connectivity index is 1.93. The number of benzene rings is 1. The molecule has 1 aromatic carbocycles. The molecule has 0 aliphatic heterocycles. The molecule has 2 amide bonds. The van der Waals surface area contributed by atoms with Crippen molar-refractivity contribution < 1.29 is 9.59 Å². The molecule has 0 radical (unpaired) electrons. The molecule has 140 valence electrons. The van der Waals surface area contributed by atoms with Crippen molar-refractivity contribution in [3.8, 4) is 0 Å². The smallest absolute Gasteiger partial charge is 0.261 e. The minimum atomic E-state index is -0.418. The van der Waals surface area contributed by atoms with E-state index in [4.69, 9.17) is 5.73 Å². The Morgan fingerprint density at radius 1 is 1.15 bits per heavy atom. The quantitative estimate of drug-likeness (QED) is 0.664. The van der Waals surface area contributed by atoms with Crippen LogP contribution in [0.15, 0.2) is 41.8 Å². The molecule has 26 heavy (non-hydrogen) atoms. The van der Waals surface area contributed by atoms with Gasteiger partial charge in [-0.05, 0) is 48.4 Å². The number of nitrogens with one attached hydrogen (secondary N) is 2. The van der Waals surface area contributed by atoms with Crippen molar-refractivity contribution in [2.75, 3.05) is 6.54 Å². The highest BCUT2D eigenvalue weighted by molar-refractivity contribution is 7.12. The third-order valence-electron chi connectivity index (χ3n) is 4.14. The normalized spacial score (nSPS) is 13.3. The van der Waals surface area contributed by atoms with Crippen molar-refractivity contribution in [2.24, 2.45) is 11.7 Å². The van der Waals surface area contributed by atoms with Gasteiger partial charge in [0.15, 0.2) is 0 Å². The van der Waals surface area contributed by atoms with E-state index >= 15 is 0 Å². The Kier molecular flexibility index (Phi) is 6.94. The molecule has 1 unspecified atom stereocenters. The van der Waals surface area contributed by atoms with Gasteiger partial charge in [0.2, 0.25) is 0 Å². The van der Waals surface area contributed by atoms with E-state index in [0.29, 0.717) is 29.4 Å². The van der Waals surface area contributed by atoms with Crippen LogP contribution in [0.2, 0.25) is 0 Å². The molecule has 1 heterocycles. The minimum absolute atomic E-state index is 0.0887. The van der Waals surface area contributed by atoms with Crippen LogP contribution in [0.3, 0.4) is 0 Å². The van der Waals surface area contributed by atoms with Crippen LogP contribution < -0.4 is 16.4 Å². The number of thiophene rings is 1. The van der Waals surface area contributed by atoms with Crippen molar-refractivity contribution in [1.82, 2.24) is 10.6 Å². The first-order chi connectivity index (χ1) is 12.3. The summed E-state index contributed by atoms with van der Waals surface area (Å²) in [4.78, 5) is 25.1. The van der Waals surface area contributed by atoms with Gasteiger partial charge in [-0.1, -0.05) is 32.0 Å². The highest BCUT2D eigenvalue weighted by atomic mass is 32.1. The van der Waals surface area contributed by atoms with Gasteiger partial charge in [-0.3, -0.25) is 9.59 Å². The van der Waals surface area contributed by atoms with Crippen LogP contribution in [0.25, 0.3) is 0 Å². The summed E-state index contributed by atoms with van der Waals surface area (Å²) in [5.74, 6) is 0.222. The number of carbonyl (C=O) groups excluding carboxylic acids is 2. The fourth-order valence-corrected chi connectivity index (χ4v) is 3.52. The highest BCUT2D eigenvalue weighted by Gasteiger charge is 2.26. The molecule has 0 bridgehead atoms. The Bertz CT molecular complexity index is 726. The zero-order valence-corrected chi connectivity index (χ0v) is 16.4. The summed E-state index contributed by atoms with van der Waals surface area (Å²) >= 11 is 1.41. The summed E-state index contributed by atoms with van der Waals surface area (Å²) in [6.07, 6.45) is 0.822. The maximum absolute atomic E-state index is 12.5. The number of hydrogen-bond donors (Lipinski definition) is 3. The largest absolute Gasteiger partial charge is 0.347 e. The van der Waals surface area contributed by atoms with E-state index in [2.05, 4.69) is 24.5 Å². The van der Waals surface area contributed by atoms with Gasteiger partial charge in [-0.25, -0.2) is 0 Å². The minimum Gasteiger partial charge on any atom is -0.347 e. The summed E-state index contributed by atoms with van der Waals surface area (Å²) in [5, 5.41) is 7.79. The molecule has 5 nitrogen and oxygen atoms in total. The predicted octanol–water partition coefficient (Wildman–Crippen LogP) is 3.17. The fourth-order valence-electron chi connectivity index (χ4n) is 2.88. The Hall–Kier alpha value is -2.18. The van der Waals surface area contributed by atoms with Crippen LogP contribution >= 0.6 is 11.3 Å². The summed E-state index contributed by atoms with van der Waals surface area (Å²) in [6.45, 7) is 7.01. The number of hydrogen-bond acceptors (Lipinski definition) is 4. The SMILES string of the molecule is CC(C)CC(C)(CN)NC(=O)c1ccc(CNC(=O)c2cccs2)cc1. The monoisotopic (exact) mass is 373 g/mol. The summed E-state index contributed by atoms with van der Waals surface area (Å²) in [7, 11) is 0. The third-order valence-corrected chi connectivity index (χ3v) is 5.01. The van der Waals surface area contributed by atoms with Gasteiger partial charge in [0.25, 0.3) is 11.8 Å². The lowest BCUT2D eigenvalue weighted by atomic mass is 9.90. The average Bonchev–Trinajstić information content (AvgIpc) is 3.14. The zero-order chi connectivity index (χ0) is 19.2. The van der Waals surface area contributed by atoms with E-state index < -0.39 is 5.54 Å². The van der Waals surface area contributed by atoms with Crippen LogP contribution in [0.5, 0.6) is 0 Å². The van der Waals surface area contributed by atoms with E-state index in [1.165, 1.54) is 11.3 Å². The summed E-state index contributed by atoms with van der Waals surface area (Å²) in [5.41, 5.74) is 6.97. The van der Waals surface area contributed by atoms with Crippen molar-refractivity contribution in [3.63, 3.8) is 0 Å². The van der Waals surface area contributed by atoms with Gasteiger partial charge in [0, 0.05) is 24.2 Å². The highest BCUT2D eigenvalue weighted by Crippen LogP contribution is 2.16. The zero-order valence-electron chi connectivity index (χ0n) is 15.5. The standard InChI is InChI=1S/C20H27N3O2S/c1-14(2)11-20(3,13-21)23-18(24)16-8-6-15(7-9-16)12-22-19(25)17-5-4-10-26-17/h4-10,14H,11-13,21H2,1-3H3,(H,22,25)(H,23,24). The van der Waals surface area contributed by atoms with Gasteiger partial charge in [0.05, 0.1) is 4.88 Å². The predicted molar refractivity (Wildman–Crippen MR) is 106 cm³/mol. The molecule has 0 spiro atoms. The van der Waals surface area contributed by atoms with Gasteiger partial charge < -0.3 is 16.4 Å². The lowest BCUT2D eigenvalue weighted by molar-refractivity contribution is 0.0896. The molecule has 0 saturated carbocycles. The Labute approximate surface area is 159 Å². The topological polar surface area (TPSA) is 84.2 Å². The van der Waals surface area contributed by atoms with Gasteiger partial charge in [-0.2, -0.15) is 0 Å². The Morgan fingerprint density at radius 3 is 2.38 bits per heavy atom. The first-order valence-corrected chi connectivity index (χ1v) is 9.64. The van der Waals surface area contributed by atoms with Gasteiger partial charge in [-0.15, -0.1) is 11.3 Å². The molecular formula is C20H27N3O2S. The first kappa shape index (κ1) is 20.1. The average molecular weight is 374 g/mol. The van der Waals surface area contributed by atoms with Crippen molar-refractivity contribution >= 4 is 23.2 Å². The molecular weight excluding hydrogens is 346 g/mol. The summed E-state index contributed by atoms with van der Waals surface area (Å²) < 4.78 is 0. The molecule has 1 atom stereocenters. The number of rotatable bonds is 8. The number of amides is 2. The van der Waals surface area contributed by atoms with E-state index in [0.717, 1.165) is 12.0 Å². The molecule has 0 aliphatic rings. The molecule has 0 saturated heterocycles. The molecule has 1 aromatic heterocycles. The second-order valence-corrected chi connectivity index (χ2v) is 8.12. The van der Waals surface area contributed by atoms with E-state index in [1.807, 2.05) is 30.5 Å². The van der Waals surface area contributed by atoms with Crippen LogP contribution in [-0.4, -0.2) is 23.9 Å². The van der Waals surface area contributed by atoms with Gasteiger partial charge in [0.1, 0.15) is 0 Å². The van der Waals surface area contributed by atoms with Crippen LogP contribution in [0.4, 0.5) is 0 Å². The maximum Gasteiger partial charge on any atom is 0.261 e. The van der Waals surface area contributed by atoms with E-state index in [9.17, 15) is 9.59 Å². The van der Waals surface area contributed by atoms with Crippen LogP contribution in [-0.2, 0) is 6.54 Å². The molecule has 2 rings (SSSR count). The van der Waals surface area contributed by atoms with Crippen molar-refractivity contribution in [3.05, 3.63) is 57.8 Å². The molecule has 0 fully saturated rings. The second kappa shape index (κ2) is 8.96. The lowest BCUT2D eigenvalue weighted by Crippen LogP contribution is -2.52. The first-order valence-electron chi connectivity index (χ1n) is 8.76. The lowest BCUT2D eigenvalue weighted by Gasteiger charge is -2.31. The van der Waals surface area contributed by atoms with E-state index in [1.54, 1.807) is 18.2 Å². The van der Waals surface area contributed by atoms with Crippen LogP contribution in [0.1, 0.15) is 52.8 Å². The number of carbonyl (C=O) groups is 2.